The topological polar surface area (TPSA) is 9.23 Å². The fraction of sp³-hybridized carbons (Fsp3) is 0.143. The first kappa shape index (κ1) is 15.8. The molecule has 112 valence electrons. The average molecular weight is 367 g/mol. The molecule has 21 heavy (non-hydrogen) atoms. The van der Waals surface area contributed by atoms with Crippen molar-refractivity contribution in [3.63, 3.8) is 0 Å². The van der Waals surface area contributed by atoms with Crippen molar-refractivity contribution in [2.24, 2.45) is 0 Å². The first-order valence-electron chi connectivity index (χ1n) is 5.70. The SMILES string of the molecule is Fc1cc(Br)cc(COc2ccc(F)c(C(F)(F)F)c2)c1. The minimum atomic E-state index is -4.80. The second kappa shape index (κ2) is 6.01. The van der Waals surface area contributed by atoms with Crippen LogP contribution in [0.3, 0.4) is 0 Å². The summed E-state index contributed by atoms with van der Waals surface area (Å²) in [6.07, 6.45) is -4.80. The molecular formula is C14H8BrF5O. The number of benzene rings is 2. The molecule has 0 saturated carbocycles. The molecule has 0 radical (unpaired) electrons. The van der Waals surface area contributed by atoms with E-state index in [2.05, 4.69) is 15.9 Å². The first-order valence-corrected chi connectivity index (χ1v) is 6.49. The van der Waals surface area contributed by atoms with Gasteiger partial charge in [0, 0.05) is 4.47 Å². The predicted octanol–water partition coefficient (Wildman–Crippen LogP) is 5.33. The first-order chi connectivity index (χ1) is 9.75. The van der Waals surface area contributed by atoms with E-state index in [9.17, 15) is 22.0 Å². The molecule has 0 heterocycles. The van der Waals surface area contributed by atoms with Crippen molar-refractivity contribution in [3.05, 3.63) is 63.6 Å². The zero-order valence-corrected chi connectivity index (χ0v) is 11.9. The predicted molar refractivity (Wildman–Crippen MR) is 69.8 cm³/mol. The van der Waals surface area contributed by atoms with Crippen molar-refractivity contribution in [1.29, 1.82) is 0 Å². The third-order valence-electron chi connectivity index (χ3n) is 2.57. The maximum absolute atomic E-state index is 13.1. The van der Waals surface area contributed by atoms with Gasteiger partial charge in [0.15, 0.2) is 0 Å². The van der Waals surface area contributed by atoms with E-state index >= 15 is 0 Å². The highest BCUT2D eigenvalue weighted by atomic mass is 79.9. The monoisotopic (exact) mass is 366 g/mol. The molecule has 0 aliphatic rings. The van der Waals surface area contributed by atoms with E-state index in [-0.39, 0.29) is 12.4 Å². The number of hydrogen-bond acceptors (Lipinski definition) is 1. The molecule has 2 aromatic carbocycles. The normalized spacial score (nSPS) is 11.5. The lowest BCUT2D eigenvalue weighted by Gasteiger charge is -2.11. The van der Waals surface area contributed by atoms with Crippen LogP contribution in [-0.2, 0) is 12.8 Å². The van der Waals surface area contributed by atoms with Crippen LogP contribution < -0.4 is 4.74 Å². The lowest BCUT2D eigenvalue weighted by molar-refractivity contribution is -0.140. The number of rotatable bonds is 3. The standard InChI is InChI=1S/C14H8BrF5O/c15-9-3-8(4-10(16)5-9)7-21-11-1-2-13(17)12(6-11)14(18,19)20/h1-6H,7H2. The Morgan fingerprint density at radius 1 is 1.00 bits per heavy atom. The zero-order valence-electron chi connectivity index (χ0n) is 10.3. The van der Waals surface area contributed by atoms with Crippen molar-refractivity contribution in [2.75, 3.05) is 0 Å². The molecule has 0 saturated heterocycles. The van der Waals surface area contributed by atoms with Crippen LogP contribution in [-0.4, -0.2) is 0 Å². The van der Waals surface area contributed by atoms with Crippen molar-refractivity contribution in [2.45, 2.75) is 12.8 Å². The fourth-order valence-corrected chi connectivity index (χ4v) is 2.19. The highest BCUT2D eigenvalue weighted by molar-refractivity contribution is 9.10. The molecule has 0 aliphatic heterocycles. The Hall–Kier alpha value is -1.63. The van der Waals surface area contributed by atoms with Gasteiger partial charge >= 0.3 is 6.18 Å². The molecule has 0 amide bonds. The lowest BCUT2D eigenvalue weighted by Crippen LogP contribution is -2.08. The molecular weight excluding hydrogens is 359 g/mol. The largest absolute Gasteiger partial charge is 0.489 e. The second-order valence-electron chi connectivity index (χ2n) is 4.21. The molecule has 0 unspecified atom stereocenters. The number of hydrogen-bond donors (Lipinski definition) is 0. The molecule has 2 rings (SSSR count). The van der Waals surface area contributed by atoms with Gasteiger partial charge in [0.2, 0.25) is 0 Å². The van der Waals surface area contributed by atoms with Crippen molar-refractivity contribution < 1.29 is 26.7 Å². The van der Waals surface area contributed by atoms with Crippen LogP contribution in [0, 0.1) is 11.6 Å². The molecule has 0 atom stereocenters. The van der Waals surface area contributed by atoms with Crippen LogP contribution in [0.1, 0.15) is 11.1 Å². The summed E-state index contributed by atoms with van der Waals surface area (Å²) in [6.45, 7) is -0.140. The van der Waals surface area contributed by atoms with Gasteiger partial charge in [-0.25, -0.2) is 8.78 Å². The van der Waals surface area contributed by atoms with Crippen LogP contribution in [0.25, 0.3) is 0 Å². The third kappa shape index (κ3) is 4.17. The Labute approximate surface area is 125 Å². The number of halogens is 6. The molecule has 0 fully saturated rings. The third-order valence-corrected chi connectivity index (χ3v) is 3.03. The van der Waals surface area contributed by atoms with Gasteiger partial charge in [0.05, 0.1) is 5.56 Å². The highest BCUT2D eigenvalue weighted by Gasteiger charge is 2.34. The summed E-state index contributed by atoms with van der Waals surface area (Å²) in [4.78, 5) is 0. The minimum absolute atomic E-state index is 0.140. The van der Waals surface area contributed by atoms with Gasteiger partial charge in [0.25, 0.3) is 0 Å². The second-order valence-corrected chi connectivity index (χ2v) is 5.12. The smallest absolute Gasteiger partial charge is 0.419 e. The summed E-state index contributed by atoms with van der Waals surface area (Å²) in [5.74, 6) is -2.02. The van der Waals surface area contributed by atoms with Gasteiger partial charge in [-0.1, -0.05) is 15.9 Å². The van der Waals surface area contributed by atoms with Crippen LogP contribution in [0.4, 0.5) is 22.0 Å². The summed E-state index contributed by atoms with van der Waals surface area (Å²) in [6, 6.07) is 6.33. The summed E-state index contributed by atoms with van der Waals surface area (Å²) >= 11 is 3.09. The van der Waals surface area contributed by atoms with Crippen LogP contribution in [0.5, 0.6) is 5.75 Å². The summed E-state index contributed by atoms with van der Waals surface area (Å²) in [5, 5.41) is 0. The van der Waals surface area contributed by atoms with Gasteiger partial charge in [-0.3, -0.25) is 0 Å². The molecule has 0 N–H and O–H groups in total. The fourth-order valence-electron chi connectivity index (χ4n) is 1.67. The maximum Gasteiger partial charge on any atom is 0.419 e. The molecule has 0 bridgehead atoms. The van der Waals surface area contributed by atoms with Crippen molar-refractivity contribution in [1.82, 2.24) is 0 Å². The molecule has 0 spiro atoms. The average Bonchev–Trinajstić information content (AvgIpc) is 2.35. The minimum Gasteiger partial charge on any atom is -0.489 e. The molecule has 7 heteroatoms. The van der Waals surface area contributed by atoms with Gasteiger partial charge < -0.3 is 4.74 Å². The van der Waals surface area contributed by atoms with E-state index in [1.54, 1.807) is 6.07 Å². The quantitative estimate of drug-likeness (QED) is 0.667. The van der Waals surface area contributed by atoms with Gasteiger partial charge in [0.1, 0.15) is 24.0 Å². The zero-order chi connectivity index (χ0) is 15.6. The summed E-state index contributed by atoms with van der Waals surface area (Å²) in [7, 11) is 0. The van der Waals surface area contributed by atoms with E-state index < -0.39 is 23.4 Å². The molecule has 1 nitrogen and oxygen atoms in total. The highest BCUT2D eigenvalue weighted by Crippen LogP contribution is 2.33. The van der Waals surface area contributed by atoms with Crippen molar-refractivity contribution in [3.8, 4) is 5.75 Å². The van der Waals surface area contributed by atoms with E-state index in [0.29, 0.717) is 22.2 Å². The summed E-state index contributed by atoms with van der Waals surface area (Å²) in [5.41, 5.74) is -0.972. The van der Waals surface area contributed by atoms with Gasteiger partial charge in [-0.2, -0.15) is 13.2 Å². The Morgan fingerprint density at radius 2 is 1.71 bits per heavy atom. The number of alkyl halides is 3. The molecule has 0 aliphatic carbocycles. The lowest BCUT2D eigenvalue weighted by atomic mass is 10.2. The summed E-state index contributed by atoms with van der Waals surface area (Å²) < 4.78 is 69.5. The van der Waals surface area contributed by atoms with Crippen LogP contribution >= 0.6 is 15.9 Å². The molecule has 0 aromatic heterocycles. The number of ether oxygens (including phenoxy) is 1. The van der Waals surface area contributed by atoms with E-state index in [1.807, 2.05) is 0 Å². The van der Waals surface area contributed by atoms with Crippen molar-refractivity contribution >= 4 is 15.9 Å². The maximum atomic E-state index is 13.1. The van der Waals surface area contributed by atoms with Crippen LogP contribution in [0.2, 0.25) is 0 Å². The van der Waals surface area contributed by atoms with Crippen LogP contribution in [0.15, 0.2) is 40.9 Å². The Bertz CT molecular complexity index is 634. The Morgan fingerprint density at radius 3 is 2.33 bits per heavy atom. The van der Waals surface area contributed by atoms with E-state index in [1.165, 1.54) is 12.1 Å². The van der Waals surface area contributed by atoms with E-state index in [4.69, 9.17) is 4.74 Å². The Balaban J connectivity index is 2.17. The van der Waals surface area contributed by atoms with E-state index in [0.717, 1.165) is 6.07 Å². The molecule has 2 aromatic rings. The van der Waals surface area contributed by atoms with Gasteiger partial charge in [-0.15, -0.1) is 0 Å². The Kier molecular flexibility index (Phi) is 4.51. The van der Waals surface area contributed by atoms with Gasteiger partial charge in [-0.05, 0) is 42.0 Å².